The van der Waals surface area contributed by atoms with Crippen LogP contribution < -0.4 is 10.6 Å². The number of carbonyl (C=O) groups excluding carboxylic acids is 1. The van der Waals surface area contributed by atoms with Gasteiger partial charge >= 0.3 is 6.03 Å². The molecule has 2 heterocycles. The molecular formula is C17H29N3O2S. The molecule has 6 heteroatoms. The molecule has 1 fully saturated rings. The summed E-state index contributed by atoms with van der Waals surface area (Å²) in [5, 5.41) is 17.4. The fraction of sp³-hybridized carbons (Fsp3) is 0.706. The Hall–Kier alpha value is -1.11. The van der Waals surface area contributed by atoms with Crippen LogP contribution >= 0.6 is 11.3 Å². The highest BCUT2D eigenvalue weighted by molar-refractivity contribution is 7.09. The van der Waals surface area contributed by atoms with Crippen molar-refractivity contribution in [3.63, 3.8) is 0 Å². The van der Waals surface area contributed by atoms with E-state index in [1.807, 2.05) is 18.3 Å². The van der Waals surface area contributed by atoms with Gasteiger partial charge in [0.1, 0.15) is 0 Å². The van der Waals surface area contributed by atoms with Crippen LogP contribution in [0.4, 0.5) is 4.79 Å². The molecule has 2 rings (SSSR count). The maximum absolute atomic E-state index is 11.8. The van der Waals surface area contributed by atoms with Gasteiger partial charge in [-0.15, -0.1) is 11.3 Å². The number of amides is 2. The van der Waals surface area contributed by atoms with Crippen LogP contribution in [0, 0.1) is 5.92 Å². The number of carbonyl (C=O) groups is 1. The highest BCUT2D eigenvalue weighted by Crippen LogP contribution is 2.19. The number of thiophene rings is 1. The van der Waals surface area contributed by atoms with Gasteiger partial charge in [-0.2, -0.15) is 0 Å². The van der Waals surface area contributed by atoms with Crippen molar-refractivity contribution in [1.29, 1.82) is 0 Å². The molecule has 1 aliphatic heterocycles. The summed E-state index contributed by atoms with van der Waals surface area (Å²) in [5.41, 5.74) is 0. The Kier molecular flexibility index (Phi) is 7.85. The molecule has 0 spiro atoms. The van der Waals surface area contributed by atoms with E-state index >= 15 is 0 Å². The van der Waals surface area contributed by atoms with E-state index in [2.05, 4.69) is 33.0 Å². The van der Waals surface area contributed by atoms with Crippen molar-refractivity contribution in [2.45, 2.75) is 45.3 Å². The van der Waals surface area contributed by atoms with E-state index < -0.39 is 0 Å². The summed E-state index contributed by atoms with van der Waals surface area (Å²) in [6, 6.07) is 4.16. The van der Waals surface area contributed by atoms with E-state index in [4.69, 9.17) is 0 Å². The van der Waals surface area contributed by atoms with Crippen molar-refractivity contribution in [1.82, 2.24) is 15.5 Å². The van der Waals surface area contributed by atoms with Crippen molar-refractivity contribution in [3.8, 4) is 0 Å². The van der Waals surface area contributed by atoms with Gasteiger partial charge in [-0.3, -0.25) is 4.90 Å². The standard InChI is InChI=1S/C17H29N3O2S/c1-2-15(21)7-8-18-17(22)19-11-14-5-3-9-20(12-14)13-16-6-4-10-23-16/h4,6,10,14-15,21H,2-3,5,7-9,11-13H2,1H3,(H2,18,19,22). The Bertz CT molecular complexity index is 453. The Balaban J connectivity index is 1.62. The summed E-state index contributed by atoms with van der Waals surface area (Å²) in [6.45, 7) is 6.41. The minimum absolute atomic E-state index is 0.122. The summed E-state index contributed by atoms with van der Waals surface area (Å²) in [4.78, 5) is 15.7. The first-order valence-corrected chi connectivity index (χ1v) is 9.49. The minimum atomic E-state index is -0.320. The van der Waals surface area contributed by atoms with Gasteiger partial charge in [0.15, 0.2) is 0 Å². The molecule has 2 atom stereocenters. The van der Waals surface area contributed by atoms with Gasteiger partial charge < -0.3 is 15.7 Å². The second-order valence-corrected chi connectivity index (χ2v) is 7.34. The van der Waals surface area contributed by atoms with Gasteiger partial charge in [-0.05, 0) is 49.6 Å². The van der Waals surface area contributed by atoms with Gasteiger partial charge in [-0.1, -0.05) is 13.0 Å². The summed E-state index contributed by atoms with van der Waals surface area (Å²) in [7, 11) is 0. The summed E-state index contributed by atoms with van der Waals surface area (Å²) in [5.74, 6) is 0.524. The van der Waals surface area contributed by atoms with E-state index in [-0.39, 0.29) is 12.1 Å². The van der Waals surface area contributed by atoms with Crippen LogP contribution in [0.2, 0.25) is 0 Å². The Morgan fingerprint density at radius 2 is 2.39 bits per heavy atom. The largest absolute Gasteiger partial charge is 0.393 e. The molecule has 3 N–H and O–H groups in total. The van der Waals surface area contributed by atoms with Crippen molar-refractivity contribution < 1.29 is 9.90 Å². The second-order valence-electron chi connectivity index (χ2n) is 6.31. The number of hydrogen-bond donors (Lipinski definition) is 3. The third kappa shape index (κ3) is 6.89. The molecule has 2 amide bonds. The molecule has 1 aromatic heterocycles. The molecule has 130 valence electrons. The van der Waals surface area contributed by atoms with Crippen LogP contribution in [0.25, 0.3) is 0 Å². The van der Waals surface area contributed by atoms with E-state index in [9.17, 15) is 9.90 Å². The number of aliphatic hydroxyl groups is 1. The predicted molar refractivity (Wildman–Crippen MR) is 94.6 cm³/mol. The predicted octanol–water partition coefficient (Wildman–Crippen LogP) is 2.42. The lowest BCUT2D eigenvalue weighted by Gasteiger charge is -2.32. The van der Waals surface area contributed by atoms with Crippen LogP contribution in [0.5, 0.6) is 0 Å². The molecule has 5 nitrogen and oxygen atoms in total. The number of rotatable bonds is 8. The van der Waals surface area contributed by atoms with Gasteiger partial charge in [0, 0.05) is 31.1 Å². The minimum Gasteiger partial charge on any atom is -0.393 e. The van der Waals surface area contributed by atoms with Gasteiger partial charge in [0.25, 0.3) is 0 Å². The third-order valence-electron chi connectivity index (χ3n) is 4.35. The van der Waals surface area contributed by atoms with Gasteiger partial charge in [0.05, 0.1) is 6.10 Å². The first-order chi connectivity index (χ1) is 11.2. The molecule has 1 aromatic rings. The lowest BCUT2D eigenvalue weighted by Crippen LogP contribution is -2.43. The van der Waals surface area contributed by atoms with Crippen molar-refractivity contribution >= 4 is 17.4 Å². The monoisotopic (exact) mass is 339 g/mol. The van der Waals surface area contributed by atoms with Crippen LogP contribution in [0.3, 0.4) is 0 Å². The second kappa shape index (κ2) is 9.90. The maximum atomic E-state index is 11.8. The topological polar surface area (TPSA) is 64.6 Å². The number of nitrogens with zero attached hydrogens (tertiary/aromatic N) is 1. The quantitative estimate of drug-likeness (QED) is 0.681. The molecule has 23 heavy (non-hydrogen) atoms. The lowest BCUT2D eigenvalue weighted by molar-refractivity contribution is 0.158. The molecule has 0 saturated carbocycles. The number of aliphatic hydroxyl groups excluding tert-OH is 1. The number of urea groups is 1. The Morgan fingerprint density at radius 3 is 3.13 bits per heavy atom. The summed E-state index contributed by atoms with van der Waals surface area (Å²) < 4.78 is 0. The van der Waals surface area contributed by atoms with Crippen LogP contribution in [0.1, 0.15) is 37.5 Å². The smallest absolute Gasteiger partial charge is 0.314 e. The average Bonchev–Trinajstić information content (AvgIpc) is 3.06. The number of hydrogen-bond acceptors (Lipinski definition) is 4. The maximum Gasteiger partial charge on any atom is 0.314 e. The highest BCUT2D eigenvalue weighted by Gasteiger charge is 2.20. The lowest BCUT2D eigenvalue weighted by atomic mass is 9.98. The average molecular weight is 340 g/mol. The summed E-state index contributed by atoms with van der Waals surface area (Å²) in [6.07, 6.45) is 3.39. The Labute approximate surface area is 143 Å². The number of likely N-dealkylation sites (tertiary alicyclic amines) is 1. The molecule has 2 unspecified atom stereocenters. The molecule has 0 aliphatic carbocycles. The van der Waals surface area contributed by atoms with Crippen molar-refractivity contribution in [2.24, 2.45) is 5.92 Å². The van der Waals surface area contributed by atoms with E-state index in [1.54, 1.807) is 0 Å². The van der Waals surface area contributed by atoms with Crippen molar-refractivity contribution in [3.05, 3.63) is 22.4 Å². The first kappa shape index (κ1) is 18.2. The summed E-state index contributed by atoms with van der Waals surface area (Å²) >= 11 is 1.81. The molecule has 0 aromatic carbocycles. The van der Waals surface area contributed by atoms with E-state index in [0.717, 1.165) is 32.6 Å². The zero-order valence-electron chi connectivity index (χ0n) is 14.0. The Morgan fingerprint density at radius 1 is 1.52 bits per heavy atom. The van der Waals surface area contributed by atoms with Crippen LogP contribution in [-0.2, 0) is 6.54 Å². The fourth-order valence-corrected chi connectivity index (χ4v) is 3.69. The zero-order valence-corrected chi connectivity index (χ0v) is 14.8. The molecule has 1 aliphatic rings. The van der Waals surface area contributed by atoms with E-state index in [0.29, 0.717) is 18.9 Å². The van der Waals surface area contributed by atoms with Gasteiger partial charge in [0.2, 0.25) is 0 Å². The molecule has 0 bridgehead atoms. The molecule has 1 saturated heterocycles. The van der Waals surface area contributed by atoms with Gasteiger partial charge in [-0.25, -0.2) is 4.79 Å². The van der Waals surface area contributed by atoms with Crippen molar-refractivity contribution in [2.75, 3.05) is 26.2 Å². The fourth-order valence-electron chi connectivity index (χ4n) is 2.94. The van der Waals surface area contributed by atoms with Crippen LogP contribution in [0.15, 0.2) is 17.5 Å². The molecule has 0 radical (unpaired) electrons. The number of piperidine rings is 1. The first-order valence-electron chi connectivity index (χ1n) is 8.62. The third-order valence-corrected chi connectivity index (χ3v) is 5.21. The molecular weight excluding hydrogens is 310 g/mol. The number of nitrogens with one attached hydrogen (secondary N) is 2. The normalized spacial score (nSPS) is 20.2. The van der Waals surface area contributed by atoms with Crippen LogP contribution in [-0.4, -0.2) is 48.3 Å². The SMILES string of the molecule is CCC(O)CCNC(=O)NCC1CCCN(Cc2cccs2)C1. The van der Waals surface area contributed by atoms with E-state index in [1.165, 1.54) is 17.7 Å². The zero-order chi connectivity index (χ0) is 16.5. The highest BCUT2D eigenvalue weighted by atomic mass is 32.1.